The second-order valence-electron chi connectivity index (χ2n) is 9.75. The molecule has 0 saturated carbocycles. The van der Waals surface area contributed by atoms with Crippen molar-refractivity contribution < 1.29 is 4.74 Å². The summed E-state index contributed by atoms with van der Waals surface area (Å²) in [5.41, 5.74) is 7.99. The number of halogens is 1. The van der Waals surface area contributed by atoms with Crippen LogP contribution in [0.15, 0.2) is 83.5 Å². The minimum Gasteiger partial charge on any atom is -0.378 e. The van der Waals surface area contributed by atoms with Gasteiger partial charge in [0, 0.05) is 52.2 Å². The van der Waals surface area contributed by atoms with Gasteiger partial charge in [-0.3, -0.25) is 4.98 Å². The summed E-state index contributed by atoms with van der Waals surface area (Å²) in [5, 5.41) is 4.31. The second kappa shape index (κ2) is 10.5. The van der Waals surface area contributed by atoms with Crippen molar-refractivity contribution in [2.75, 3.05) is 36.1 Å². The maximum atomic E-state index is 5.97. The molecule has 2 aliphatic rings. The number of ether oxygens (including phenoxy) is 1. The Labute approximate surface area is 237 Å². The van der Waals surface area contributed by atoms with Crippen molar-refractivity contribution >= 4 is 44.6 Å². The number of aryl methyl sites for hydroxylation is 1. The van der Waals surface area contributed by atoms with Crippen molar-refractivity contribution in [3.8, 4) is 5.69 Å². The Morgan fingerprint density at radius 3 is 2.29 bits per heavy atom. The Hall–Kier alpha value is -3.20. The van der Waals surface area contributed by atoms with E-state index in [2.05, 4.69) is 110 Å². The molecule has 6 rings (SSSR count). The molecule has 2 aromatic heterocycles. The van der Waals surface area contributed by atoms with E-state index in [0.717, 1.165) is 47.8 Å². The summed E-state index contributed by atoms with van der Waals surface area (Å²) in [7, 11) is 0. The average Bonchev–Trinajstić information content (AvgIpc) is 3.45. The van der Waals surface area contributed by atoms with Gasteiger partial charge in [-0.05, 0) is 98.4 Å². The molecular weight excluding hydrogens is 558 g/mol. The van der Waals surface area contributed by atoms with Crippen molar-refractivity contribution in [2.24, 2.45) is 0 Å². The number of hydrogen-bond donors (Lipinski definition) is 1. The molecule has 0 aliphatic carbocycles. The Bertz CT molecular complexity index is 1430. The van der Waals surface area contributed by atoms with E-state index in [4.69, 9.17) is 21.9 Å². The zero-order chi connectivity index (χ0) is 26.2. The van der Waals surface area contributed by atoms with Crippen molar-refractivity contribution in [2.45, 2.75) is 25.9 Å². The highest BCUT2D eigenvalue weighted by molar-refractivity contribution is 9.10. The molecule has 4 heterocycles. The van der Waals surface area contributed by atoms with Crippen molar-refractivity contribution in [3.05, 3.63) is 106 Å². The van der Waals surface area contributed by atoms with E-state index < -0.39 is 0 Å². The zero-order valence-corrected chi connectivity index (χ0v) is 23.9. The Morgan fingerprint density at radius 2 is 1.61 bits per heavy atom. The van der Waals surface area contributed by atoms with E-state index in [-0.39, 0.29) is 12.1 Å². The quantitative estimate of drug-likeness (QED) is 0.278. The van der Waals surface area contributed by atoms with E-state index >= 15 is 0 Å². The topological polar surface area (TPSA) is 45.6 Å². The van der Waals surface area contributed by atoms with Crippen LogP contribution in [-0.4, -0.2) is 41.0 Å². The molecular formula is C30H30BrN5OS. The first-order chi connectivity index (χ1) is 18.5. The predicted molar refractivity (Wildman–Crippen MR) is 160 cm³/mol. The first-order valence-corrected chi connectivity index (χ1v) is 14.1. The number of anilines is 2. The molecule has 8 heteroatoms. The summed E-state index contributed by atoms with van der Waals surface area (Å²) in [6.07, 6.45) is 1.85. The molecule has 0 bridgehead atoms. The fourth-order valence-corrected chi connectivity index (χ4v) is 6.28. The molecule has 0 radical (unpaired) electrons. The van der Waals surface area contributed by atoms with Crippen LogP contribution in [0, 0.1) is 13.8 Å². The van der Waals surface area contributed by atoms with Crippen LogP contribution >= 0.6 is 28.1 Å². The Balaban J connectivity index is 1.43. The molecule has 2 atom stereocenters. The molecule has 2 saturated heterocycles. The summed E-state index contributed by atoms with van der Waals surface area (Å²) in [4.78, 5) is 9.35. The van der Waals surface area contributed by atoms with Crippen LogP contribution in [-0.2, 0) is 4.74 Å². The molecule has 0 unspecified atom stereocenters. The zero-order valence-electron chi connectivity index (χ0n) is 21.5. The van der Waals surface area contributed by atoms with E-state index in [0.29, 0.717) is 5.11 Å². The molecule has 0 spiro atoms. The third kappa shape index (κ3) is 4.61. The van der Waals surface area contributed by atoms with Gasteiger partial charge in [0.15, 0.2) is 5.11 Å². The molecule has 194 valence electrons. The lowest BCUT2D eigenvalue weighted by molar-refractivity contribution is 0.122. The number of hydrogen-bond acceptors (Lipinski definition) is 4. The fraction of sp³-hybridized carbons (Fsp3) is 0.267. The van der Waals surface area contributed by atoms with Crippen molar-refractivity contribution in [3.63, 3.8) is 0 Å². The Morgan fingerprint density at radius 1 is 0.921 bits per heavy atom. The van der Waals surface area contributed by atoms with Crippen molar-refractivity contribution in [1.29, 1.82) is 0 Å². The van der Waals surface area contributed by atoms with E-state index in [1.165, 1.54) is 22.6 Å². The second-order valence-corrected chi connectivity index (χ2v) is 11.1. The lowest BCUT2D eigenvalue weighted by atomic mass is 9.96. The van der Waals surface area contributed by atoms with Crippen LogP contribution in [0.1, 0.15) is 34.7 Å². The minimum atomic E-state index is -0.0820. The van der Waals surface area contributed by atoms with Gasteiger partial charge in [0.25, 0.3) is 0 Å². The van der Waals surface area contributed by atoms with Gasteiger partial charge in [0.1, 0.15) is 0 Å². The maximum absolute atomic E-state index is 5.97. The number of pyridine rings is 1. The van der Waals surface area contributed by atoms with Gasteiger partial charge in [0.2, 0.25) is 0 Å². The number of thiocarbonyl (C=S) groups is 1. The lowest BCUT2D eigenvalue weighted by Crippen LogP contribution is -2.36. The lowest BCUT2D eigenvalue weighted by Gasteiger charge is -2.31. The number of nitrogens with zero attached hydrogens (tertiary/aromatic N) is 4. The highest BCUT2D eigenvalue weighted by Gasteiger charge is 2.42. The molecule has 1 N–H and O–H groups in total. The normalized spacial score (nSPS) is 19.6. The number of nitrogens with one attached hydrogen (secondary N) is 1. The van der Waals surface area contributed by atoms with Gasteiger partial charge in [0.05, 0.1) is 31.0 Å². The molecule has 6 nitrogen and oxygen atoms in total. The van der Waals surface area contributed by atoms with Crippen LogP contribution in [0.4, 0.5) is 11.4 Å². The largest absolute Gasteiger partial charge is 0.378 e. The first kappa shape index (κ1) is 25.1. The summed E-state index contributed by atoms with van der Waals surface area (Å²) in [6, 6.07) is 25.4. The van der Waals surface area contributed by atoms with Crippen molar-refractivity contribution in [1.82, 2.24) is 14.9 Å². The van der Waals surface area contributed by atoms with Crippen LogP contribution in [0.3, 0.4) is 0 Å². The van der Waals surface area contributed by atoms with E-state index in [9.17, 15) is 0 Å². The first-order valence-electron chi connectivity index (χ1n) is 12.9. The van der Waals surface area contributed by atoms with E-state index in [1.807, 2.05) is 18.3 Å². The molecule has 0 amide bonds. The highest BCUT2D eigenvalue weighted by Crippen LogP contribution is 2.44. The third-order valence-electron chi connectivity index (χ3n) is 7.48. The molecule has 2 aromatic carbocycles. The van der Waals surface area contributed by atoms with Gasteiger partial charge in [-0.1, -0.05) is 22.0 Å². The highest BCUT2D eigenvalue weighted by atomic mass is 79.9. The Kier molecular flexibility index (Phi) is 6.95. The number of aromatic nitrogens is 2. The molecule has 2 aliphatic heterocycles. The molecule has 2 fully saturated rings. The number of morpholine rings is 1. The summed E-state index contributed by atoms with van der Waals surface area (Å²) in [6.45, 7) is 7.72. The van der Waals surface area contributed by atoms with Crippen LogP contribution in [0.2, 0.25) is 0 Å². The van der Waals surface area contributed by atoms with Crippen LogP contribution in [0.5, 0.6) is 0 Å². The van der Waals surface area contributed by atoms with Gasteiger partial charge < -0.3 is 24.4 Å². The SMILES string of the molecule is Cc1cc([C@@H]2[C@H](c3ccccn3)NC(=S)N2c2ccc(N3CCOCC3)cc2)c(C)n1-c1ccc(Br)cc1. The van der Waals surface area contributed by atoms with Gasteiger partial charge in [-0.25, -0.2) is 0 Å². The molecule has 38 heavy (non-hydrogen) atoms. The van der Waals surface area contributed by atoms with E-state index in [1.54, 1.807) is 0 Å². The summed E-state index contributed by atoms with van der Waals surface area (Å²) < 4.78 is 8.92. The van der Waals surface area contributed by atoms with Crippen LogP contribution in [0.25, 0.3) is 5.69 Å². The molecule has 4 aromatic rings. The third-order valence-corrected chi connectivity index (χ3v) is 8.32. The van der Waals surface area contributed by atoms with Crippen LogP contribution < -0.4 is 15.1 Å². The monoisotopic (exact) mass is 587 g/mol. The average molecular weight is 589 g/mol. The minimum absolute atomic E-state index is 0.0537. The fourth-order valence-electron chi connectivity index (χ4n) is 5.67. The predicted octanol–water partition coefficient (Wildman–Crippen LogP) is 6.27. The summed E-state index contributed by atoms with van der Waals surface area (Å²) >= 11 is 9.54. The smallest absolute Gasteiger partial charge is 0.174 e. The number of rotatable bonds is 5. The standard InChI is InChI=1S/C30H30BrN5OS/c1-20-19-26(21(2)35(20)24-8-6-22(31)7-9-24)29-28(27-5-3-4-14-32-27)33-30(38)36(29)25-12-10-23(11-13-25)34-15-17-37-18-16-34/h3-14,19,28-29H,15-18H2,1-2H3,(H,33,38)/t28-,29+/m0/s1. The van der Waals surface area contributed by atoms with Gasteiger partial charge >= 0.3 is 0 Å². The maximum Gasteiger partial charge on any atom is 0.174 e. The summed E-state index contributed by atoms with van der Waals surface area (Å²) in [5.74, 6) is 0. The number of benzene rings is 2. The van der Waals surface area contributed by atoms with Gasteiger partial charge in [-0.2, -0.15) is 0 Å². The van der Waals surface area contributed by atoms with Gasteiger partial charge in [-0.15, -0.1) is 0 Å².